The van der Waals surface area contributed by atoms with Crippen molar-refractivity contribution in [3.05, 3.63) is 57.2 Å². The van der Waals surface area contributed by atoms with Crippen LogP contribution in [0, 0.1) is 10.1 Å². The van der Waals surface area contributed by atoms with E-state index in [9.17, 15) is 24.5 Å². The highest BCUT2D eigenvalue weighted by Crippen LogP contribution is 2.39. The molecule has 1 fully saturated rings. The van der Waals surface area contributed by atoms with Crippen molar-refractivity contribution < 1.29 is 23.7 Å². The number of nitrogens with one attached hydrogen (secondary N) is 1. The van der Waals surface area contributed by atoms with E-state index in [0.717, 1.165) is 6.33 Å². The number of nitro groups is 1. The Morgan fingerprint density at radius 1 is 1.30 bits per heavy atom. The molecule has 1 atom stereocenters. The van der Waals surface area contributed by atoms with Gasteiger partial charge in [-0.05, 0) is 31.0 Å². The minimum absolute atomic E-state index is 0.0888. The summed E-state index contributed by atoms with van der Waals surface area (Å²) in [5.74, 6) is -1.48. The van der Waals surface area contributed by atoms with Crippen LogP contribution in [0.15, 0.2) is 45.9 Å². The Morgan fingerprint density at radius 2 is 2.09 bits per heavy atom. The van der Waals surface area contributed by atoms with E-state index in [-0.39, 0.29) is 29.6 Å². The topological polar surface area (TPSA) is 184 Å². The van der Waals surface area contributed by atoms with Crippen LogP contribution in [0.1, 0.15) is 12.8 Å². The van der Waals surface area contributed by atoms with Gasteiger partial charge in [0, 0.05) is 24.1 Å². The SMILES string of the molecule is NC(=O)CNC(=O)C1CCCN1c1ncnc(Oc2ccc3ccc(=O)oc3c2)c1[N+](=O)[O-]. The van der Waals surface area contributed by atoms with Crippen molar-refractivity contribution >= 4 is 34.3 Å². The molecule has 1 aromatic carbocycles. The minimum atomic E-state index is -0.777. The number of amides is 2. The van der Waals surface area contributed by atoms with E-state index in [4.69, 9.17) is 14.9 Å². The zero-order valence-corrected chi connectivity index (χ0v) is 17.1. The molecule has 0 spiro atoms. The highest BCUT2D eigenvalue weighted by molar-refractivity contribution is 5.90. The van der Waals surface area contributed by atoms with Crippen LogP contribution < -0.4 is 26.3 Å². The molecule has 170 valence electrons. The number of nitrogens with two attached hydrogens (primary N) is 1. The van der Waals surface area contributed by atoms with E-state index < -0.39 is 34.1 Å². The molecule has 1 aliphatic rings. The maximum atomic E-state index is 12.5. The second kappa shape index (κ2) is 8.90. The number of benzene rings is 1. The molecule has 0 bridgehead atoms. The zero-order valence-electron chi connectivity index (χ0n) is 17.1. The first-order valence-corrected chi connectivity index (χ1v) is 9.87. The Bertz CT molecular complexity index is 1310. The zero-order chi connectivity index (χ0) is 23.5. The average molecular weight is 454 g/mol. The van der Waals surface area contributed by atoms with Crippen molar-refractivity contribution in [2.45, 2.75) is 18.9 Å². The van der Waals surface area contributed by atoms with Crippen molar-refractivity contribution in [1.82, 2.24) is 15.3 Å². The highest BCUT2D eigenvalue weighted by Gasteiger charge is 2.38. The molecule has 2 aromatic heterocycles. The van der Waals surface area contributed by atoms with E-state index in [1.54, 1.807) is 18.2 Å². The monoisotopic (exact) mass is 454 g/mol. The third-order valence-electron chi connectivity index (χ3n) is 5.03. The van der Waals surface area contributed by atoms with Gasteiger partial charge in [0.05, 0.1) is 11.5 Å². The van der Waals surface area contributed by atoms with Crippen LogP contribution >= 0.6 is 0 Å². The number of carbonyl (C=O) groups excluding carboxylic acids is 2. The lowest BCUT2D eigenvalue weighted by molar-refractivity contribution is -0.385. The van der Waals surface area contributed by atoms with E-state index in [1.165, 1.54) is 17.0 Å². The molecule has 0 radical (unpaired) electrons. The van der Waals surface area contributed by atoms with Gasteiger partial charge < -0.3 is 25.1 Å². The van der Waals surface area contributed by atoms with Gasteiger partial charge >= 0.3 is 17.2 Å². The number of carbonyl (C=O) groups is 2. The van der Waals surface area contributed by atoms with Gasteiger partial charge in [-0.1, -0.05) is 0 Å². The van der Waals surface area contributed by atoms with E-state index in [2.05, 4.69) is 15.3 Å². The first-order chi connectivity index (χ1) is 15.8. The Balaban J connectivity index is 1.67. The van der Waals surface area contributed by atoms with Gasteiger partial charge in [-0.2, -0.15) is 4.98 Å². The second-order valence-corrected chi connectivity index (χ2v) is 7.20. The molecule has 1 unspecified atom stereocenters. The molecule has 3 N–H and O–H groups in total. The summed E-state index contributed by atoms with van der Waals surface area (Å²) < 4.78 is 10.8. The molecule has 3 heterocycles. The molecule has 33 heavy (non-hydrogen) atoms. The highest BCUT2D eigenvalue weighted by atomic mass is 16.6. The van der Waals surface area contributed by atoms with Crippen molar-refractivity contribution in [3.63, 3.8) is 0 Å². The Morgan fingerprint density at radius 3 is 2.85 bits per heavy atom. The van der Waals surface area contributed by atoms with E-state index in [0.29, 0.717) is 24.8 Å². The minimum Gasteiger partial charge on any atom is -0.433 e. The predicted molar refractivity (Wildman–Crippen MR) is 114 cm³/mol. The molecular weight excluding hydrogens is 436 g/mol. The van der Waals surface area contributed by atoms with Crippen LogP contribution in [0.4, 0.5) is 11.5 Å². The number of ether oxygens (including phenoxy) is 1. The largest absolute Gasteiger partial charge is 0.433 e. The first-order valence-electron chi connectivity index (χ1n) is 9.87. The summed E-state index contributed by atoms with van der Waals surface area (Å²) in [4.78, 5) is 55.6. The van der Waals surface area contributed by atoms with Crippen LogP contribution in [0.5, 0.6) is 11.6 Å². The maximum Gasteiger partial charge on any atom is 0.373 e. The van der Waals surface area contributed by atoms with Crippen LogP contribution in [-0.4, -0.2) is 45.8 Å². The second-order valence-electron chi connectivity index (χ2n) is 7.20. The first kappa shape index (κ1) is 21.7. The fraction of sp³-hybridized carbons (Fsp3) is 0.250. The molecule has 1 saturated heterocycles. The number of nitrogens with zero attached hydrogens (tertiary/aromatic N) is 4. The normalized spacial score (nSPS) is 15.4. The lowest BCUT2D eigenvalue weighted by atomic mass is 10.2. The standard InChI is InChI=1S/C20H18N6O7/c21-15(27)9-22-19(29)13-2-1-7-25(13)18-17(26(30)31)20(24-10-23-18)32-12-5-3-11-4-6-16(28)33-14(11)8-12/h3-6,8,10,13H,1-2,7,9H2,(H2,21,27)(H,22,29). The molecule has 13 nitrogen and oxygen atoms in total. The summed E-state index contributed by atoms with van der Waals surface area (Å²) in [7, 11) is 0. The Hall–Kier alpha value is -4.55. The molecule has 0 aliphatic carbocycles. The van der Waals surface area contributed by atoms with Gasteiger partial charge in [0.25, 0.3) is 0 Å². The number of aromatic nitrogens is 2. The van der Waals surface area contributed by atoms with Crippen molar-refractivity contribution in [2.24, 2.45) is 5.73 Å². The van der Waals surface area contributed by atoms with Crippen molar-refractivity contribution in [2.75, 3.05) is 18.0 Å². The van der Waals surface area contributed by atoms with Gasteiger partial charge in [0.1, 0.15) is 23.7 Å². The molecule has 0 saturated carbocycles. The third kappa shape index (κ3) is 4.56. The quantitative estimate of drug-likeness (QED) is 0.295. The number of primary amides is 1. The number of fused-ring (bicyclic) bond motifs is 1. The fourth-order valence-electron chi connectivity index (χ4n) is 3.60. The summed E-state index contributed by atoms with van der Waals surface area (Å²) in [6.45, 7) is -0.0193. The summed E-state index contributed by atoms with van der Waals surface area (Å²) in [5, 5.41) is 15.0. The van der Waals surface area contributed by atoms with Crippen LogP contribution in [0.25, 0.3) is 11.0 Å². The molecule has 2 amide bonds. The Labute approximate surface area is 185 Å². The summed E-state index contributed by atoms with van der Waals surface area (Å²) in [6.07, 6.45) is 2.08. The molecule has 4 rings (SSSR count). The molecule has 3 aromatic rings. The van der Waals surface area contributed by atoms with E-state index >= 15 is 0 Å². The maximum absolute atomic E-state index is 12.5. The number of rotatable bonds is 7. The number of hydrogen-bond acceptors (Lipinski definition) is 10. The fourth-order valence-corrected chi connectivity index (χ4v) is 3.60. The third-order valence-corrected chi connectivity index (χ3v) is 5.03. The summed E-state index contributed by atoms with van der Waals surface area (Å²) >= 11 is 0. The van der Waals surface area contributed by atoms with Gasteiger partial charge in [0.2, 0.25) is 17.6 Å². The molecular formula is C20H18N6O7. The average Bonchev–Trinajstić information content (AvgIpc) is 3.26. The van der Waals surface area contributed by atoms with Crippen LogP contribution in [0.3, 0.4) is 0 Å². The predicted octanol–water partition coefficient (Wildman–Crippen LogP) is 0.854. The smallest absolute Gasteiger partial charge is 0.373 e. The van der Waals surface area contributed by atoms with Crippen molar-refractivity contribution in [1.29, 1.82) is 0 Å². The van der Waals surface area contributed by atoms with Gasteiger partial charge in [-0.15, -0.1) is 0 Å². The summed E-state index contributed by atoms with van der Waals surface area (Å²) in [5.41, 5.74) is 4.23. The van der Waals surface area contributed by atoms with Gasteiger partial charge in [0.15, 0.2) is 0 Å². The van der Waals surface area contributed by atoms with Gasteiger partial charge in [-0.3, -0.25) is 19.7 Å². The number of hydrogen-bond donors (Lipinski definition) is 2. The summed E-state index contributed by atoms with van der Waals surface area (Å²) in [6, 6.07) is 6.66. The lowest BCUT2D eigenvalue weighted by Crippen LogP contribution is -2.46. The van der Waals surface area contributed by atoms with Gasteiger partial charge in [-0.25, -0.2) is 9.78 Å². The van der Waals surface area contributed by atoms with Crippen LogP contribution in [0.2, 0.25) is 0 Å². The lowest BCUT2D eigenvalue weighted by Gasteiger charge is -2.24. The molecule has 1 aliphatic heterocycles. The van der Waals surface area contributed by atoms with E-state index in [1.807, 2.05) is 0 Å². The molecule has 13 heteroatoms. The van der Waals surface area contributed by atoms with Crippen molar-refractivity contribution in [3.8, 4) is 11.6 Å². The Kier molecular flexibility index (Phi) is 5.85. The van der Waals surface area contributed by atoms with Crippen LogP contribution in [-0.2, 0) is 9.59 Å². The number of anilines is 1.